The fraction of sp³-hybridized carbons (Fsp3) is 0.400. The van der Waals surface area contributed by atoms with Crippen LogP contribution >= 0.6 is 11.8 Å². The van der Waals surface area contributed by atoms with Crippen LogP contribution in [0.1, 0.15) is 11.3 Å². The smallest absolute Gasteiger partial charge is 0.255 e. The van der Waals surface area contributed by atoms with E-state index >= 15 is 0 Å². The van der Waals surface area contributed by atoms with E-state index in [0.717, 1.165) is 6.07 Å². The molecule has 27 heavy (non-hydrogen) atoms. The fourth-order valence-electron chi connectivity index (χ4n) is 2.15. The maximum Gasteiger partial charge on any atom is 0.435 e. The largest absolute Gasteiger partial charge is 0.435 e. The molecule has 1 aromatic carbocycles. The Bertz CT molecular complexity index is 803. The number of aryl methyl sites for hydroxylation is 1. The van der Waals surface area contributed by atoms with Gasteiger partial charge in [-0.05, 0) is 24.6 Å². The minimum absolute atomic E-state index is 0.0955. The molecule has 0 aliphatic carbocycles. The molecule has 0 saturated heterocycles. The molecule has 1 heterocycles. The molecule has 0 aliphatic heterocycles. The molecule has 2 nitrogen and oxygen atoms in total. The van der Waals surface area contributed by atoms with E-state index in [9.17, 15) is 39.5 Å². The van der Waals surface area contributed by atoms with E-state index in [1.165, 1.54) is 19.1 Å². The van der Waals surface area contributed by atoms with E-state index in [1.54, 1.807) is 0 Å². The first-order valence-corrected chi connectivity index (χ1v) is 8.17. The van der Waals surface area contributed by atoms with Crippen molar-refractivity contribution < 1.29 is 39.5 Å². The van der Waals surface area contributed by atoms with Gasteiger partial charge >= 0.3 is 18.5 Å². The first-order chi connectivity index (χ1) is 12.2. The molecule has 0 spiro atoms. The van der Waals surface area contributed by atoms with Gasteiger partial charge in [0.05, 0.1) is 11.4 Å². The average Bonchev–Trinajstić information content (AvgIpc) is 2.87. The van der Waals surface area contributed by atoms with Gasteiger partial charge in [-0.2, -0.15) is 44.6 Å². The highest BCUT2D eigenvalue weighted by Crippen LogP contribution is 2.36. The van der Waals surface area contributed by atoms with E-state index in [2.05, 4.69) is 5.10 Å². The Kier molecular flexibility index (Phi) is 5.79. The standard InChI is InChI=1S/C15H11F9N2S/c1-8-2-3-9(4-11(8)27-7-14(19,20)21)10-5-12(15(22,23)24)25-26(10)6-13(16,17)18/h2-5H,6-7H2,1H3. The molecule has 1 aromatic heterocycles. The lowest BCUT2D eigenvalue weighted by Crippen LogP contribution is -2.20. The molecule has 0 saturated carbocycles. The van der Waals surface area contributed by atoms with Crippen LogP contribution in [-0.2, 0) is 12.7 Å². The van der Waals surface area contributed by atoms with Gasteiger partial charge in [0.1, 0.15) is 6.54 Å². The Morgan fingerprint density at radius 1 is 0.926 bits per heavy atom. The summed E-state index contributed by atoms with van der Waals surface area (Å²) in [7, 11) is 0. The van der Waals surface area contributed by atoms with Crippen LogP contribution in [0.2, 0.25) is 0 Å². The lowest BCUT2D eigenvalue weighted by Gasteiger charge is -2.13. The predicted octanol–water partition coefficient (Wildman–Crippen LogP) is 6.09. The van der Waals surface area contributed by atoms with E-state index in [-0.39, 0.29) is 15.1 Å². The Morgan fingerprint density at radius 3 is 2.07 bits per heavy atom. The van der Waals surface area contributed by atoms with Gasteiger partial charge in [-0.15, -0.1) is 11.8 Å². The summed E-state index contributed by atoms with van der Waals surface area (Å²) in [6.07, 6.45) is -14.3. The Morgan fingerprint density at radius 2 is 1.56 bits per heavy atom. The van der Waals surface area contributed by atoms with Gasteiger partial charge in [0.2, 0.25) is 0 Å². The third-order valence-electron chi connectivity index (χ3n) is 3.27. The number of rotatable bonds is 4. The van der Waals surface area contributed by atoms with Crippen LogP contribution < -0.4 is 0 Å². The van der Waals surface area contributed by atoms with Crippen LogP contribution in [0, 0.1) is 6.92 Å². The SMILES string of the molecule is Cc1ccc(-c2cc(C(F)(F)F)nn2CC(F)(F)F)cc1SCC(F)(F)F. The first kappa shape index (κ1) is 21.5. The third kappa shape index (κ3) is 6.08. The number of thioether (sulfide) groups is 1. The van der Waals surface area contributed by atoms with E-state index in [0.29, 0.717) is 23.4 Å². The quantitative estimate of drug-likeness (QED) is 0.438. The summed E-state index contributed by atoms with van der Waals surface area (Å²) >= 11 is 0.395. The van der Waals surface area contributed by atoms with Gasteiger partial charge in [-0.25, -0.2) is 0 Å². The van der Waals surface area contributed by atoms with Crippen molar-refractivity contribution >= 4 is 11.8 Å². The van der Waals surface area contributed by atoms with Crippen molar-refractivity contribution in [2.45, 2.75) is 36.9 Å². The molecule has 2 aromatic rings. The Balaban J connectivity index is 2.48. The second-order valence-electron chi connectivity index (χ2n) is 5.57. The lowest BCUT2D eigenvalue weighted by molar-refractivity contribution is -0.148. The van der Waals surface area contributed by atoms with Gasteiger partial charge in [-0.3, -0.25) is 4.68 Å². The molecule has 0 unspecified atom stereocenters. The van der Waals surface area contributed by atoms with Crippen LogP contribution in [0.25, 0.3) is 11.3 Å². The number of benzene rings is 1. The number of aromatic nitrogens is 2. The van der Waals surface area contributed by atoms with Crippen molar-refractivity contribution in [3.8, 4) is 11.3 Å². The predicted molar refractivity (Wildman–Crippen MR) is 80.2 cm³/mol. The minimum atomic E-state index is -4.97. The molecule has 150 valence electrons. The minimum Gasteiger partial charge on any atom is -0.255 e. The second kappa shape index (κ2) is 7.28. The number of hydrogen-bond acceptors (Lipinski definition) is 2. The molecule has 0 N–H and O–H groups in total. The molecule has 0 radical (unpaired) electrons. The third-order valence-corrected chi connectivity index (χ3v) is 4.50. The van der Waals surface area contributed by atoms with Crippen molar-refractivity contribution in [3.05, 3.63) is 35.5 Å². The maximum absolute atomic E-state index is 12.8. The highest BCUT2D eigenvalue weighted by atomic mass is 32.2. The van der Waals surface area contributed by atoms with Gasteiger partial charge < -0.3 is 0 Å². The summed E-state index contributed by atoms with van der Waals surface area (Å²) in [4.78, 5) is 0.0955. The topological polar surface area (TPSA) is 17.8 Å². The molecule has 0 atom stereocenters. The molecule has 0 fully saturated rings. The summed E-state index contributed by atoms with van der Waals surface area (Å²) in [5, 5.41) is 2.97. The van der Waals surface area contributed by atoms with Gasteiger partial charge in [0.15, 0.2) is 5.69 Å². The summed E-state index contributed by atoms with van der Waals surface area (Å²) in [5.41, 5.74) is -1.70. The number of alkyl halides is 9. The number of nitrogens with zero attached hydrogens (tertiary/aromatic N) is 2. The van der Waals surface area contributed by atoms with E-state index in [1.807, 2.05) is 0 Å². The fourth-order valence-corrected chi connectivity index (χ4v) is 2.98. The zero-order chi connectivity index (χ0) is 20.6. The number of hydrogen-bond donors (Lipinski definition) is 0. The monoisotopic (exact) mass is 422 g/mol. The van der Waals surface area contributed by atoms with Crippen molar-refractivity contribution in [1.29, 1.82) is 0 Å². The molecule has 2 rings (SSSR count). The van der Waals surface area contributed by atoms with E-state index in [4.69, 9.17) is 0 Å². The molecule has 12 heteroatoms. The Labute approximate surface area is 151 Å². The lowest BCUT2D eigenvalue weighted by atomic mass is 10.1. The zero-order valence-corrected chi connectivity index (χ0v) is 14.2. The second-order valence-corrected chi connectivity index (χ2v) is 6.59. The molecule has 0 aliphatic rings. The molecule has 0 bridgehead atoms. The van der Waals surface area contributed by atoms with Gasteiger partial charge in [0, 0.05) is 10.5 Å². The molecule has 0 amide bonds. The van der Waals surface area contributed by atoms with Crippen molar-refractivity contribution in [1.82, 2.24) is 9.78 Å². The van der Waals surface area contributed by atoms with Gasteiger partial charge in [-0.1, -0.05) is 12.1 Å². The molecular weight excluding hydrogens is 411 g/mol. The van der Waals surface area contributed by atoms with Crippen LogP contribution in [0.15, 0.2) is 29.2 Å². The summed E-state index contributed by atoms with van der Waals surface area (Å²) in [5.74, 6) is -1.24. The maximum atomic E-state index is 12.8. The average molecular weight is 422 g/mol. The normalized spacial score (nSPS) is 13.3. The highest BCUT2D eigenvalue weighted by molar-refractivity contribution is 7.99. The summed E-state index contributed by atoms with van der Waals surface area (Å²) in [6.45, 7) is -0.284. The van der Waals surface area contributed by atoms with Crippen LogP contribution in [0.3, 0.4) is 0 Å². The van der Waals surface area contributed by atoms with Crippen LogP contribution in [-0.4, -0.2) is 27.9 Å². The van der Waals surface area contributed by atoms with Crippen LogP contribution in [0.5, 0.6) is 0 Å². The highest BCUT2D eigenvalue weighted by Gasteiger charge is 2.37. The van der Waals surface area contributed by atoms with Crippen molar-refractivity contribution in [2.75, 3.05) is 5.75 Å². The summed E-state index contributed by atoms with van der Waals surface area (Å²) in [6, 6.07) is 4.12. The zero-order valence-electron chi connectivity index (χ0n) is 13.4. The molecular formula is C15H11F9N2S. The van der Waals surface area contributed by atoms with Crippen molar-refractivity contribution in [3.63, 3.8) is 0 Å². The first-order valence-electron chi connectivity index (χ1n) is 7.18. The van der Waals surface area contributed by atoms with Gasteiger partial charge in [0.25, 0.3) is 0 Å². The summed E-state index contributed by atoms with van der Waals surface area (Å²) < 4.78 is 114. The van der Waals surface area contributed by atoms with Crippen LogP contribution in [0.4, 0.5) is 39.5 Å². The Hall–Kier alpha value is -1.85. The van der Waals surface area contributed by atoms with E-state index < -0.39 is 42.2 Å². The number of halogens is 9. The van der Waals surface area contributed by atoms with Crippen molar-refractivity contribution in [2.24, 2.45) is 0 Å².